The van der Waals surface area contributed by atoms with Gasteiger partial charge in [0, 0.05) is 11.5 Å². The largest absolute Gasteiger partial charge is 0.316 e. The van der Waals surface area contributed by atoms with Crippen LogP contribution in [0.2, 0.25) is 0 Å². The zero-order valence-electron chi connectivity index (χ0n) is 7.54. The van der Waals surface area contributed by atoms with Gasteiger partial charge in [0.1, 0.15) is 0 Å². The van der Waals surface area contributed by atoms with E-state index in [0.29, 0.717) is 12.6 Å². The monoisotopic (exact) mass is 193 g/mol. The maximum absolute atomic E-state index is 11.4. The lowest BCUT2D eigenvalue weighted by Gasteiger charge is -2.34. The number of thioether (sulfide) groups is 1. The van der Waals surface area contributed by atoms with Crippen LogP contribution >= 0.6 is 11.8 Å². The summed E-state index contributed by atoms with van der Waals surface area (Å²) in [5.41, 5.74) is 0. The zero-order valence-corrected chi connectivity index (χ0v) is 8.36. The third kappa shape index (κ3) is 2.44. The van der Waals surface area contributed by atoms with Crippen LogP contribution in [-0.2, 0) is 4.79 Å². The van der Waals surface area contributed by atoms with Gasteiger partial charge in [-0.1, -0.05) is 11.8 Å². The summed E-state index contributed by atoms with van der Waals surface area (Å²) in [6.45, 7) is 2.03. The van der Waals surface area contributed by atoms with E-state index in [4.69, 9.17) is 6.42 Å². The molecule has 0 bridgehead atoms. The summed E-state index contributed by atoms with van der Waals surface area (Å²) < 4.78 is 0. The Morgan fingerprint density at radius 1 is 1.69 bits per heavy atom. The molecule has 0 N–H and O–H groups in total. The van der Waals surface area contributed by atoms with E-state index < -0.39 is 0 Å². The van der Waals surface area contributed by atoms with Crippen molar-refractivity contribution < 1.29 is 4.79 Å². The van der Waals surface area contributed by atoms with Gasteiger partial charge in [-0.2, -0.15) is 11.8 Å². The molecule has 1 rings (SSSR count). The van der Waals surface area contributed by atoms with Crippen LogP contribution in [-0.4, -0.2) is 34.9 Å². The van der Waals surface area contributed by atoms with Gasteiger partial charge in [0.25, 0.3) is 5.91 Å². The maximum atomic E-state index is 11.4. The van der Waals surface area contributed by atoms with Crippen molar-refractivity contribution in [1.82, 2.24) is 4.90 Å². The quantitative estimate of drug-likeness (QED) is 0.598. The molecule has 0 aromatic heterocycles. The summed E-state index contributed by atoms with van der Waals surface area (Å²) >= 11 is 1.82. The fourth-order valence-electron chi connectivity index (χ4n) is 1.05. The third-order valence-electron chi connectivity index (χ3n) is 1.82. The van der Waals surface area contributed by atoms with Crippen molar-refractivity contribution >= 4 is 17.7 Å². The van der Waals surface area contributed by atoms with Crippen molar-refractivity contribution in [2.75, 3.05) is 18.1 Å². The molecule has 0 aromatic carbocycles. The fraction of sp³-hybridized carbons (Fsp3) is 0.500. The predicted molar refractivity (Wildman–Crippen MR) is 55.1 cm³/mol. The van der Waals surface area contributed by atoms with Gasteiger partial charge in [-0.3, -0.25) is 4.79 Å². The molecule has 0 aromatic rings. The molecule has 1 heterocycles. The van der Waals surface area contributed by atoms with E-state index in [1.807, 2.05) is 11.8 Å². The molecular formula is C10H11NOS. The molecule has 0 spiro atoms. The van der Waals surface area contributed by atoms with E-state index in [-0.39, 0.29) is 5.91 Å². The second-order valence-electron chi connectivity index (χ2n) is 2.70. The molecular weight excluding hydrogens is 182 g/mol. The Morgan fingerprint density at radius 2 is 2.38 bits per heavy atom. The molecule has 13 heavy (non-hydrogen) atoms. The van der Waals surface area contributed by atoms with Gasteiger partial charge in [0.15, 0.2) is 0 Å². The first-order valence-corrected chi connectivity index (χ1v) is 5.19. The van der Waals surface area contributed by atoms with Crippen LogP contribution in [0.5, 0.6) is 0 Å². The average Bonchev–Trinajstić information content (AvgIpc) is 2.01. The van der Waals surface area contributed by atoms with Crippen molar-refractivity contribution in [1.29, 1.82) is 0 Å². The number of nitrogens with zero attached hydrogens (tertiary/aromatic N) is 1. The highest BCUT2D eigenvalue weighted by Gasteiger charge is 2.27. The smallest absolute Gasteiger partial charge is 0.299 e. The van der Waals surface area contributed by atoms with E-state index >= 15 is 0 Å². The molecule has 0 radical (unpaired) electrons. The number of hydrogen-bond donors (Lipinski definition) is 0. The third-order valence-corrected chi connectivity index (χ3v) is 3.06. The van der Waals surface area contributed by atoms with Crippen LogP contribution in [0, 0.1) is 24.2 Å². The number of rotatable bonds is 2. The molecule has 68 valence electrons. The number of terminal acetylenes is 1. The van der Waals surface area contributed by atoms with E-state index in [0.717, 1.165) is 11.5 Å². The Kier molecular flexibility index (Phi) is 3.73. The van der Waals surface area contributed by atoms with Crippen molar-refractivity contribution in [3.8, 4) is 24.2 Å². The van der Waals surface area contributed by atoms with Gasteiger partial charge in [-0.05, 0) is 12.8 Å². The summed E-state index contributed by atoms with van der Waals surface area (Å²) in [4.78, 5) is 13.1. The molecule has 2 nitrogen and oxygen atoms in total. The normalized spacial score (nSPS) is 14.8. The fourth-order valence-corrected chi connectivity index (χ4v) is 1.85. The summed E-state index contributed by atoms with van der Waals surface area (Å²) in [6.07, 6.45) is 5.18. The first-order chi connectivity index (χ1) is 6.29. The highest BCUT2D eigenvalue weighted by atomic mass is 32.2. The van der Waals surface area contributed by atoms with Crippen molar-refractivity contribution in [2.24, 2.45) is 0 Å². The topological polar surface area (TPSA) is 20.3 Å². The van der Waals surface area contributed by atoms with E-state index in [2.05, 4.69) is 17.8 Å². The Labute approximate surface area is 83.1 Å². The van der Waals surface area contributed by atoms with Crippen molar-refractivity contribution in [3.05, 3.63) is 0 Å². The number of carbonyl (C=O) groups excluding carboxylic acids is 1. The second-order valence-corrected chi connectivity index (χ2v) is 3.78. The molecule has 1 aliphatic rings. The van der Waals surface area contributed by atoms with Gasteiger partial charge in [-0.25, -0.2) is 0 Å². The van der Waals surface area contributed by atoms with Crippen LogP contribution in [0.25, 0.3) is 0 Å². The lowest BCUT2D eigenvalue weighted by atomic mass is 10.3. The minimum absolute atomic E-state index is 0.147. The highest BCUT2D eigenvalue weighted by molar-refractivity contribution is 8.00. The van der Waals surface area contributed by atoms with E-state index in [1.54, 1.807) is 11.8 Å². The van der Waals surface area contributed by atoms with Gasteiger partial charge in [-0.15, -0.1) is 6.42 Å². The minimum Gasteiger partial charge on any atom is -0.316 e. The summed E-state index contributed by atoms with van der Waals surface area (Å²) in [7, 11) is 0. The van der Waals surface area contributed by atoms with Gasteiger partial charge < -0.3 is 4.90 Å². The first-order valence-electron chi connectivity index (χ1n) is 4.04. The van der Waals surface area contributed by atoms with Crippen LogP contribution in [0.4, 0.5) is 0 Å². The first kappa shape index (κ1) is 10.0. The molecule has 1 saturated heterocycles. The Morgan fingerprint density at radius 3 is 2.77 bits per heavy atom. The zero-order chi connectivity index (χ0) is 9.68. The van der Waals surface area contributed by atoms with Crippen LogP contribution < -0.4 is 0 Å². The standard InChI is InChI=1S/C10H11NOS/c1-3-5-10(12)11(6-4-2)9-7-13-8-9/h2,9H,6-8H2,1H3. The second kappa shape index (κ2) is 4.84. The molecule has 1 amide bonds. The van der Waals surface area contributed by atoms with Gasteiger partial charge in [0.05, 0.1) is 12.6 Å². The van der Waals surface area contributed by atoms with Gasteiger partial charge >= 0.3 is 0 Å². The number of amides is 1. The highest BCUT2D eigenvalue weighted by Crippen LogP contribution is 2.22. The molecule has 3 heteroatoms. The Hall–Kier alpha value is -1.06. The van der Waals surface area contributed by atoms with E-state index in [9.17, 15) is 4.79 Å². The summed E-state index contributed by atoms with van der Waals surface area (Å²) in [5, 5.41) is 0. The minimum atomic E-state index is -0.147. The van der Waals surface area contributed by atoms with Crippen molar-refractivity contribution in [2.45, 2.75) is 13.0 Å². The molecule has 0 aliphatic carbocycles. The lowest BCUT2D eigenvalue weighted by molar-refractivity contribution is -0.126. The lowest BCUT2D eigenvalue weighted by Crippen LogP contribution is -2.47. The average molecular weight is 193 g/mol. The maximum Gasteiger partial charge on any atom is 0.299 e. The molecule has 1 fully saturated rings. The molecule has 0 unspecified atom stereocenters. The van der Waals surface area contributed by atoms with Crippen LogP contribution in [0.15, 0.2) is 0 Å². The molecule has 0 atom stereocenters. The number of carbonyl (C=O) groups is 1. The predicted octanol–water partition coefficient (Wildman–Crippen LogP) is 0.587. The Bertz CT molecular complexity index is 290. The molecule has 1 aliphatic heterocycles. The SMILES string of the molecule is C#CCN(C(=O)C#CC)C1CSC1. The van der Waals surface area contributed by atoms with Crippen LogP contribution in [0.1, 0.15) is 6.92 Å². The van der Waals surface area contributed by atoms with Crippen molar-refractivity contribution in [3.63, 3.8) is 0 Å². The summed E-state index contributed by atoms with van der Waals surface area (Å²) in [6, 6.07) is 0.300. The number of hydrogen-bond acceptors (Lipinski definition) is 2. The molecule has 0 saturated carbocycles. The van der Waals surface area contributed by atoms with Crippen LogP contribution in [0.3, 0.4) is 0 Å². The van der Waals surface area contributed by atoms with Gasteiger partial charge in [0.2, 0.25) is 0 Å². The summed E-state index contributed by atoms with van der Waals surface area (Å²) in [5.74, 6) is 9.41. The van der Waals surface area contributed by atoms with E-state index in [1.165, 1.54) is 0 Å². The Balaban J connectivity index is 2.59.